The molecule has 0 unspecified atom stereocenters. The zero-order valence-corrected chi connectivity index (χ0v) is 22.2. The van der Waals surface area contributed by atoms with E-state index in [4.69, 9.17) is 14.2 Å². The predicted molar refractivity (Wildman–Crippen MR) is 147 cm³/mol. The number of hydrogen-bond donors (Lipinski definition) is 0. The van der Waals surface area contributed by atoms with Crippen LogP contribution in [0.2, 0.25) is 0 Å². The van der Waals surface area contributed by atoms with Crippen molar-refractivity contribution in [3.05, 3.63) is 78.4 Å². The van der Waals surface area contributed by atoms with Crippen LogP contribution >= 0.6 is 0 Å². The van der Waals surface area contributed by atoms with Crippen LogP contribution in [0.25, 0.3) is 11.1 Å². The second kappa shape index (κ2) is 14.3. The van der Waals surface area contributed by atoms with Crippen molar-refractivity contribution in [3.63, 3.8) is 0 Å². The van der Waals surface area contributed by atoms with Crippen molar-refractivity contribution < 1.29 is 19.0 Å². The molecule has 0 spiro atoms. The summed E-state index contributed by atoms with van der Waals surface area (Å²) in [5.74, 6) is 2.32. The van der Waals surface area contributed by atoms with Gasteiger partial charge in [0, 0.05) is 0 Å². The zero-order chi connectivity index (χ0) is 25.8. The molecule has 36 heavy (non-hydrogen) atoms. The lowest BCUT2D eigenvalue weighted by molar-refractivity contribution is 0.0734. The van der Waals surface area contributed by atoms with Crippen LogP contribution in [0.5, 0.6) is 17.2 Å². The summed E-state index contributed by atoms with van der Waals surface area (Å²) >= 11 is 0. The van der Waals surface area contributed by atoms with Gasteiger partial charge in [-0.25, -0.2) is 4.79 Å². The predicted octanol–water partition coefficient (Wildman–Crippen LogP) is 8.74. The van der Waals surface area contributed by atoms with E-state index in [0.717, 1.165) is 42.1 Å². The standard InChI is InChI=1S/C32H40O4/c1-5-7-8-9-10-25(4)35-30-21-15-28(16-22-30)32(33)36-31-19-13-27(14-20-31)26-11-17-29(18-12-26)34-23-24(3)6-2/h11-22,24-25H,5-10,23H2,1-4H3/t24-,25+/m0/s1. The first kappa shape index (κ1) is 27.3. The largest absolute Gasteiger partial charge is 0.493 e. The van der Waals surface area contributed by atoms with Crippen LogP contribution in [0.15, 0.2) is 72.8 Å². The maximum atomic E-state index is 12.6. The first-order chi connectivity index (χ1) is 17.5. The average molecular weight is 489 g/mol. The first-order valence-corrected chi connectivity index (χ1v) is 13.3. The molecule has 192 valence electrons. The van der Waals surface area contributed by atoms with Gasteiger partial charge in [-0.05, 0) is 85.3 Å². The van der Waals surface area contributed by atoms with Gasteiger partial charge in [0.1, 0.15) is 17.2 Å². The van der Waals surface area contributed by atoms with E-state index in [1.54, 1.807) is 12.1 Å². The molecule has 0 saturated heterocycles. The normalized spacial score (nSPS) is 12.6. The summed E-state index contributed by atoms with van der Waals surface area (Å²) < 4.78 is 17.4. The fraction of sp³-hybridized carbons (Fsp3) is 0.406. The van der Waals surface area contributed by atoms with E-state index < -0.39 is 0 Å². The summed E-state index contributed by atoms with van der Waals surface area (Å²) in [4.78, 5) is 12.6. The molecule has 0 amide bonds. The third-order valence-electron chi connectivity index (χ3n) is 6.38. The van der Waals surface area contributed by atoms with Crippen molar-refractivity contribution >= 4 is 5.97 Å². The monoisotopic (exact) mass is 488 g/mol. The minimum absolute atomic E-state index is 0.159. The van der Waals surface area contributed by atoms with E-state index in [9.17, 15) is 4.79 Å². The number of esters is 1. The smallest absolute Gasteiger partial charge is 0.343 e. The molecule has 2 atom stereocenters. The van der Waals surface area contributed by atoms with Gasteiger partial charge in [-0.1, -0.05) is 70.7 Å². The fourth-order valence-corrected chi connectivity index (χ4v) is 3.80. The molecule has 0 bridgehead atoms. The minimum atomic E-state index is -0.385. The Labute approximate surface area is 216 Å². The number of benzene rings is 3. The number of carbonyl (C=O) groups is 1. The van der Waals surface area contributed by atoms with Gasteiger partial charge in [-0.2, -0.15) is 0 Å². The highest BCUT2D eigenvalue weighted by Gasteiger charge is 2.11. The molecule has 0 fully saturated rings. The Morgan fingerprint density at radius 3 is 1.89 bits per heavy atom. The van der Waals surface area contributed by atoms with Crippen molar-refractivity contribution in [1.82, 2.24) is 0 Å². The third kappa shape index (κ3) is 8.75. The molecule has 3 aromatic carbocycles. The highest BCUT2D eigenvalue weighted by Crippen LogP contribution is 2.26. The highest BCUT2D eigenvalue weighted by atomic mass is 16.5. The van der Waals surface area contributed by atoms with Gasteiger partial charge in [-0.3, -0.25) is 0 Å². The van der Waals surface area contributed by atoms with Crippen molar-refractivity contribution in [2.24, 2.45) is 5.92 Å². The summed E-state index contributed by atoms with van der Waals surface area (Å²) in [6, 6.07) is 22.8. The van der Waals surface area contributed by atoms with E-state index in [0.29, 0.717) is 17.2 Å². The molecule has 0 aliphatic carbocycles. The quantitative estimate of drug-likeness (QED) is 0.129. The van der Waals surface area contributed by atoms with Crippen LogP contribution in [0.4, 0.5) is 0 Å². The van der Waals surface area contributed by atoms with E-state index in [1.807, 2.05) is 60.7 Å². The van der Waals surface area contributed by atoms with Gasteiger partial charge in [0.2, 0.25) is 0 Å². The van der Waals surface area contributed by atoms with Gasteiger partial charge in [-0.15, -0.1) is 0 Å². The number of ether oxygens (including phenoxy) is 3. The van der Waals surface area contributed by atoms with Crippen LogP contribution in [0.3, 0.4) is 0 Å². The maximum absolute atomic E-state index is 12.6. The number of carbonyl (C=O) groups excluding carboxylic acids is 1. The molecular weight excluding hydrogens is 448 g/mol. The summed E-state index contributed by atoms with van der Waals surface area (Å²) in [5, 5.41) is 0. The molecule has 0 aliphatic heterocycles. The molecule has 0 radical (unpaired) electrons. The number of hydrogen-bond acceptors (Lipinski definition) is 4. The number of unbranched alkanes of at least 4 members (excludes halogenated alkanes) is 3. The number of rotatable bonds is 14. The van der Waals surface area contributed by atoms with Crippen LogP contribution in [-0.2, 0) is 0 Å². The minimum Gasteiger partial charge on any atom is -0.493 e. The van der Waals surface area contributed by atoms with Crippen LogP contribution in [0, 0.1) is 5.92 Å². The summed E-state index contributed by atoms with van der Waals surface area (Å²) in [6.07, 6.45) is 7.23. The molecule has 0 aromatic heterocycles. The van der Waals surface area contributed by atoms with Gasteiger partial charge in [0.05, 0.1) is 18.3 Å². The van der Waals surface area contributed by atoms with Crippen molar-refractivity contribution in [3.8, 4) is 28.4 Å². The Bertz CT molecular complexity index is 1040. The molecular formula is C32H40O4. The Morgan fingerprint density at radius 2 is 1.31 bits per heavy atom. The lowest BCUT2D eigenvalue weighted by Crippen LogP contribution is -2.12. The molecule has 0 N–H and O–H groups in total. The van der Waals surface area contributed by atoms with Gasteiger partial charge >= 0.3 is 5.97 Å². The van der Waals surface area contributed by atoms with Crippen molar-refractivity contribution in [2.75, 3.05) is 6.61 Å². The van der Waals surface area contributed by atoms with Crippen LogP contribution < -0.4 is 14.2 Å². The average Bonchev–Trinajstić information content (AvgIpc) is 2.91. The third-order valence-corrected chi connectivity index (χ3v) is 6.38. The first-order valence-electron chi connectivity index (χ1n) is 13.3. The Balaban J connectivity index is 1.50. The lowest BCUT2D eigenvalue weighted by atomic mass is 10.1. The fourth-order valence-electron chi connectivity index (χ4n) is 3.80. The van der Waals surface area contributed by atoms with E-state index in [2.05, 4.69) is 27.7 Å². The second-order valence-corrected chi connectivity index (χ2v) is 9.56. The Hall–Kier alpha value is -3.27. The Kier molecular flexibility index (Phi) is 10.9. The summed E-state index contributed by atoms with van der Waals surface area (Å²) in [6.45, 7) is 9.38. The molecule has 4 heteroatoms. The maximum Gasteiger partial charge on any atom is 0.343 e. The summed E-state index contributed by atoms with van der Waals surface area (Å²) in [7, 11) is 0. The van der Waals surface area contributed by atoms with Crippen molar-refractivity contribution in [2.45, 2.75) is 72.3 Å². The molecule has 4 nitrogen and oxygen atoms in total. The van der Waals surface area contributed by atoms with Gasteiger partial charge in [0.25, 0.3) is 0 Å². The van der Waals surface area contributed by atoms with Crippen LogP contribution in [-0.4, -0.2) is 18.7 Å². The van der Waals surface area contributed by atoms with E-state index in [-0.39, 0.29) is 12.1 Å². The van der Waals surface area contributed by atoms with Gasteiger partial charge in [0.15, 0.2) is 0 Å². The highest BCUT2D eigenvalue weighted by molar-refractivity contribution is 5.91. The molecule has 0 heterocycles. The van der Waals surface area contributed by atoms with Gasteiger partial charge < -0.3 is 14.2 Å². The SMILES string of the molecule is CCCCCC[C@@H](C)Oc1ccc(C(=O)Oc2ccc(-c3ccc(OC[C@@H](C)CC)cc3)cc2)cc1. The molecule has 0 aliphatic rings. The Morgan fingerprint density at radius 1 is 0.722 bits per heavy atom. The van der Waals surface area contributed by atoms with Crippen LogP contribution in [0.1, 0.15) is 76.6 Å². The molecule has 3 aromatic rings. The van der Waals surface area contributed by atoms with E-state index >= 15 is 0 Å². The van der Waals surface area contributed by atoms with Crippen molar-refractivity contribution in [1.29, 1.82) is 0 Å². The molecule has 3 rings (SSSR count). The topological polar surface area (TPSA) is 44.8 Å². The summed E-state index contributed by atoms with van der Waals surface area (Å²) in [5.41, 5.74) is 2.63. The van der Waals surface area contributed by atoms with E-state index in [1.165, 1.54) is 25.7 Å². The molecule has 0 saturated carbocycles. The second-order valence-electron chi connectivity index (χ2n) is 9.56. The lowest BCUT2D eigenvalue weighted by Gasteiger charge is -2.15. The zero-order valence-electron chi connectivity index (χ0n) is 22.2.